The van der Waals surface area contributed by atoms with Crippen molar-refractivity contribution in [2.45, 2.75) is 25.8 Å². The molecule has 3 aromatic carbocycles. The molecule has 7 nitrogen and oxygen atoms in total. The number of fused-ring (bicyclic) bond motifs is 2. The highest BCUT2D eigenvalue weighted by atomic mass is 35.5. The van der Waals surface area contributed by atoms with Crippen LogP contribution in [0.2, 0.25) is 5.02 Å². The molecule has 35 heavy (non-hydrogen) atoms. The monoisotopic (exact) mass is 486 g/mol. The Morgan fingerprint density at radius 3 is 2.69 bits per heavy atom. The van der Waals surface area contributed by atoms with Crippen LogP contribution in [0, 0.1) is 0 Å². The standard InChI is InChI=1S/C27H23ClN4O3/c1-16(33)29-20-4-2-3-17(13-20)26-30-22-14-18(27-31-23-15-19(28)6-8-25(23)35-27)5-7-24(22)32(26)21-9-11-34-12-10-21/h2-8,13-15,21H,9-12H2,1H3,(H,29,33). The van der Waals surface area contributed by atoms with E-state index in [1.165, 1.54) is 6.92 Å². The van der Waals surface area contributed by atoms with Crippen molar-refractivity contribution in [1.82, 2.24) is 14.5 Å². The molecule has 3 heterocycles. The molecule has 8 heteroatoms. The second kappa shape index (κ2) is 8.83. The molecule has 1 aliphatic rings. The quantitative estimate of drug-likeness (QED) is 0.314. The van der Waals surface area contributed by atoms with E-state index in [0.29, 0.717) is 16.5 Å². The van der Waals surface area contributed by atoms with E-state index < -0.39 is 0 Å². The number of imidazole rings is 1. The normalized spacial score (nSPS) is 14.6. The number of anilines is 1. The molecule has 2 aromatic heterocycles. The summed E-state index contributed by atoms with van der Waals surface area (Å²) in [6.45, 7) is 2.95. The van der Waals surface area contributed by atoms with E-state index in [2.05, 4.69) is 20.9 Å². The molecule has 0 bridgehead atoms. The molecule has 0 unspecified atom stereocenters. The summed E-state index contributed by atoms with van der Waals surface area (Å²) in [5, 5.41) is 3.49. The number of hydrogen-bond acceptors (Lipinski definition) is 5. The van der Waals surface area contributed by atoms with Crippen LogP contribution in [0.3, 0.4) is 0 Å². The second-order valence-corrected chi connectivity index (χ2v) is 9.18. The molecule has 0 aliphatic carbocycles. The maximum Gasteiger partial charge on any atom is 0.227 e. The van der Waals surface area contributed by atoms with Gasteiger partial charge in [-0.1, -0.05) is 23.7 Å². The maximum absolute atomic E-state index is 11.6. The predicted octanol–water partition coefficient (Wildman–Crippen LogP) is 6.47. The maximum atomic E-state index is 11.6. The van der Waals surface area contributed by atoms with Crippen molar-refractivity contribution >= 4 is 45.3 Å². The average Bonchev–Trinajstić information content (AvgIpc) is 3.45. The lowest BCUT2D eigenvalue weighted by Crippen LogP contribution is -2.20. The molecule has 176 valence electrons. The van der Waals surface area contributed by atoms with E-state index >= 15 is 0 Å². The van der Waals surface area contributed by atoms with Crippen LogP contribution in [-0.4, -0.2) is 33.7 Å². The minimum Gasteiger partial charge on any atom is -0.436 e. The second-order valence-electron chi connectivity index (χ2n) is 8.75. The Morgan fingerprint density at radius 2 is 1.86 bits per heavy atom. The van der Waals surface area contributed by atoms with Crippen molar-refractivity contribution in [3.8, 4) is 22.8 Å². The van der Waals surface area contributed by atoms with Crippen molar-refractivity contribution in [2.75, 3.05) is 18.5 Å². The van der Waals surface area contributed by atoms with Crippen LogP contribution in [0.15, 0.2) is 65.1 Å². The number of aromatic nitrogens is 3. The van der Waals surface area contributed by atoms with Crippen molar-refractivity contribution < 1.29 is 13.9 Å². The first-order chi connectivity index (χ1) is 17.0. The van der Waals surface area contributed by atoms with Crippen LogP contribution in [0.4, 0.5) is 5.69 Å². The number of ether oxygens (including phenoxy) is 1. The summed E-state index contributed by atoms with van der Waals surface area (Å²) in [5.41, 5.74) is 5.83. The highest BCUT2D eigenvalue weighted by molar-refractivity contribution is 6.31. The lowest BCUT2D eigenvalue weighted by molar-refractivity contribution is -0.114. The molecule has 6 rings (SSSR count). The highest BCUT2D eigenvalue weighted by Gasteiger charge is 2.23. The van der Waals surface area contributed by atoms with Gasteiger partial charge in [0.2, 0.25) is 11.8 Å². The summed E-state index contributed by atoms with van der Waals surface area (Å²) >= 11 is 6.12. The number of carbonyl (C=O) groups is 1. The first kappa shape index (κ1) is 21.8. The first-order valence-corrected chi connectivity index (χ1v) is 12.0. The van der Waals surface area contributed by atoms with Crippen LogP contribution in [0.25, 0.3) is 45.0 Å². The molecular weight excluding hydrogens is 464 g/mol. The molecule has 1 aliphatic heterocycles. The Labute approximate surface area is 206 Å². The average molecular weight is 487 g/mol. The number of benzene rings is 3. The van der Waals surface area contributed by atoms with E-state index in [1.54, 1.807) is 12.1 Å². The van der Waals surface area contributed by atoms with Gasteiger partial charge in [-0.2, -0.15) is 0 Å². The van der Waals surface area contributed by atoms with E-state index in [4.69, 9.17) is 25.7 Å². The van der Waals surface area contributed by atoms with Gasteiger partial charge in [0, 0.05) is 48.0 Å². The molecule has 0 atom stereocenters. The number of amides is 1. The zero-order valence-corrected chi connectivity index (χ0v) is 19.9. The third-order valence-electron chi connectivity index (χ3n) is 6.28. The lowest BCUT2D eigenvalue weighted by Gasteiger charge is -2.26. The molecule has 1 amide bonds. The van der Waals surface area contributed by atoms with E-state index in [0.717, 1.165) is 65.2 Å². The smallest absolute Gasteiger partial charge is 0.227 e. The zero-order valence-electron chi connectivity index (χ0n) is 19.1. The predicted molar refractivity (Wildman–Crippen MR) is 137 cm³/mol. The summed E-state index contributed by atoms with van der Waals surface area (Å²) in [4.78, 5) is 21.3. The topological polar surface area (TPSA) is 82.2 Å². The van der Waals surface area contributed by atoms with Crippen molar-refractivity contribution in [3.05, 3.63) is 65.7 Å². The Morgan fingerprint density at radius 1 is 1.00 bits per heavy atom. The van der Waals surface area contributed by atoms with Crippen LogP contribution in [0.1, 0.15) is 25.8 Å². The number of halogens is 1. The number of carbonyl (C=O) groups excluding carboxylic acids is 1. The number of nitrogens with zero attached hydrogens (tertiary/aromatic N) is 3. The summed E-state index contributed by atoms with van der Waals surface area (Å²) < 4.78 is 13.9. The summed E-state index contributed by atoms with van der Waals surface area (Å²) in [7, 11) is 0. The van der Waals surface area contributed by atoms with Crippen LogP contribution in [-0.2, 0) is 9.53 Å². The number of hydrogen-bond donors (Lipinski definition) is 1. The van der Waals surface area contributed by atoms with Gasteiger partial charge in [-0.05, 0) is 61.4 Å². The molecule has 1 saturated heterocycles. The van der Waals surface area contributed by atoms with Gasteiger partial charge in [-0.3, -0.25) is 4.79 Å². The van der Waals surface area contributed by atoms with Crippen molar-refractivity contribution in [3.63, 3.8) is 0 Å². The summed E-state index contributed by atoms with van der Waals surface area (Å²) in [6, 6.07) is 19.6. The fourth-order valence-corrected chi connectivity index (χ4v) is 4.88. The van der Waals surface area contributed by atoms with E-state index in [9.17, 15) is 4.79 Å². The molecule has 1 fully saturated rings. The van der Waals surface area contributed by atoms with Gasteiger partial charge in [0.25, 0.3) is 0 Å². The van der Waals surface area contributed by atoms with Gasteiger partial charge in [-0.25, -0.2) is 9.97 Å². The fourth-order valence-electron chi connectivity index (χ4n) is 4.71. The molecule has 1 N–H and O–H groups in total. The Kier molecular flexibility index (Phi) is 5.51. The third-order valence-corrected chi connectivity index (χ3v) is 6.52. The minimum atomic E-state index is -0.107. The molecule has 5 aromatic rings. The Balaban J connectivity index is 1.49. The minimum absolute atomic E-state index is 0.107. The summed E-state index contributed by atoms with van der Waals surface area (Å²) in [5.74, 6) is 1.28. The largest absolute Gasteiger partial charge is 0.436 e. The van der Waals surface area contributed by atoms with E-state index in [1.807, 2.05) is 42.5 Å². The van der Waals surface area contributed by atoms with Gasteiger partial charge in [-0.15, -0.1) is 0 Å². The van der Waals surface area contributed by atoms with Gasteiger partial charge in [0.05, 0.1) is 11.0 Å². The van der Waals surface area contributed by atoms with Crippen molar-refractivity contribution in [1.29, 1.82) is 0 Å². The SMILES string of the molecule is CC(=O)Nc1cccc(-c2nc3cc(-c4nc5cc(Cl)ccc5o4)ccc3n2C2CCOCC2)c1. The van der Waals surface area contributed by atoms with Gasteiger partial charge < -0.3 is 19.0 Å². The van der Waals surface area contributed by atoms with Gasteiger partial charge in [0.1, 0.15) is 11.3 Å². The summed E-state index contributed by atoms with van der Waals surface area (Å²) in [6.07, 6.45) is 1.83. The van der Waals surface area contributed by atoms with Crippen LogP contribution in [0.5, 0.6) is 0 Å². The Hall–Kier alpha value is -3.68. The van der Waals surface area contributed by atoms with Crippen LogP contribution < -0.4 is 5.32 Å². The molecular formula is C27H23ClN4O3. The highest BCUT2D eigenvalue weighted by Crippen LogP contribution is 2.36. The molecule has 0 radical (unpaired) electrons. The number of rotatable bonds is 4. The molecule has 0 saturated carbocycles. The molecule has 0 spiro atoms. The fraction of sp³-hybridized carbons (Fsp3) is 0.222. The number of oxazole rings is 1. The zero-order chi connectivity index (χ0) is 23.9. The Bertz CT molecular complexity index is 1570. The van der Waals surface area contributed by atoms with Crippen LogP contribution >= 0.6 is 11.6 Å². The third kappa shape index (κ3) is 4.17. The lowest BCUT2D eigenvalue weighted by atomic mass is 10.1. The van der Waals surface area contributed by atoms with E-state index in [-0.39, 0.29) is 11.9 Å². The number of nitrogens with one attached hydrogen (secondary N) is 1. The van der Waals surface area contributed by atoms with Crippen molar-refractivity contribution in [2.24, 2.45) is 0 Å². The first-order valence-electron chi connectivity index (χ1n) is 11.6. The van der Waals surface area contributed by atoms with Gasteiger partial charge >= 0.3 is 0 Å². The van der Waals surface area contributed by atoms with Gasteiger partial charge in [0.15, 0.2) is 5.58 Å².